The minimum absolute atomic E-state index is 0.239. The molecular formula is C32H38O5. The van der Waals surface area contributed by atoms with Gasteiger partial charge in [-0.25, -0.2) is 9.59 Å². The van der Waals surface area contributed by atoms with E-state index in [-0.39, 0.29) is 11.5 Å². The maximum atomic E-state index is 12.3. The number of benzene rings is 3. The van der Waals surface area contributed by atoms with Crippen LogP contribution in [-0.2, 0) is 4.74 Å². The summed E-state index contributed by atoms with van der Waals surface area (Å²) in [6.45, 7) is 7.36. The highest BCUT2D eigenvalue weighted by Gasteiger charge is 2.14. The first-order chi connectivity index (χ1) is 17.9. The highest BCUT2D eigenvalue weighted by molar-refractivity contribution is 5.96. The summed E-state index contributed by atoms with van der Waals surface area (Å²) in [5.74, 6) is -0.269. The van der Waals surface area contributed by atoms with E-state index in [4.69, 9.17) is 9.47 Å². The van der Waals surface area contributed by atoms with E-state index < -0.39 is 5.97 Å². The summed E-state index contributed by atoms with van der Waals surface area (Å²) in [5.41, 5.74) is 4.13. The van der Waals surface area contributed by atoms with Crippen LogP contribution in [0.2, 0.25) is 0 Å². The Morgan fingerprint density at radius 3 is 2.05 bits per heavy atom. The first-order valence-corrected chi connectivity index (χ1v) is 13.3. The summed E-state index contributed by atoms with van der Waals surface area (Å²) in [5, 5.41) is 9.72. The van der Waals surface area contributed by atoms with E-state index in [0.29, 0.717) is 36.0 Å². The zero-order chi connectivity index (χ0) is 26.6. The molecule has 0 radical (unpaired) electrons. The van der Waals surface area contributed by atoms with Crippen LogP contribution in [0.4, 0.5) is 0 Å². The van der Waals surface area contributed by atoms with Crippen molar-refractivity contribution in [3.05, 3.63) is 77.9 Å². The number of esters is 1. The van der Waals surface area contributed by atoms with Crippen molar-refractivity contribution in [2.75, 3.05) is 13.2 Å². The molecule has 0 fully saturated rings. The number of carbonyl (C=O) groups excluding carboxylic acids is 1. The Hall–Kier alpha value is -3.60. The third-order valence-corrected chi connectivity index (χ3v) is 6.58. The molecule has 1 N–H and O–H groups in total. The van der Waals surface area contributed by atoms with E-state index in [1.54, 1.807) is 24.3 Å². The van der Waals surface area contributed by atoms with Crippen molar-refractivity contribution in [3.63, 3.8) is 0 Å². The minimum Gasteiger partial charge on any atom is -0.494 e. The van der Waals surface area contributed by atoms with Gasteiger partial charge in [-0.15, -0.1) is 0 Å². The zero-order valence-electron chi connectivity index (χ0n) is 22.2. The maximum absolute atomic E-state index is 12.3. The summed E-state index contributed by atoms with van der Waals surface area (Å²) in [6, 6.07) is 20.2. The fourth-order valence-corrected chi connectivity index (χ4v) is 3.99. The molecule has 1 atom stereocenters. The van der Waals surface area contributed by atoms with Crippen LogP contribution in [0.5, 0.6) is 5.75 Å². The molecule has 196 valence electrons. The number of aromatic carboxylic acids is 1. The number of hydrogen-bond acceptors (Lipinski definition) is 4. The zero-order valence-corrected chi connectivity index (χ0v) is 22.2. The molecule has 5 heteroatoms. The lowest BCUT2D eigenvalue weighted by atomic mass is 9.96. The predicted molar refractivity (Wildman–Crippen MR) is 148 cm³/mol. The molecule has 0 aromatic heterocycles. The average Bonchev–Trinajstić information content (AvgIpc) is 2.93. The van der Waals surface area contributed by atoms with E-state index in [9.17, 15) is 14.7 Å². The van der Waals surface area contributed by atoms with Gasteiger partial charge < -0.3 is 14.6 Å². The van der Waals surface area contributed by atoms with E-state index >= 15 is 0 Å². The van der Waals surface area contributed by atoms with Crippen LogP contribution in [0.15, 0.2) is 66.7 Å². The third-order valence-electron chi connectivity index (χ3n) is 6.58. The molecule has 0 heterocycles. The summed E-state index contributed by atoms with van der Waals surface area (Å²) in [4.78, 5) is 24.1. The number of rotatable bonds is 14. The first kappa shape index (κ1) is 28.0. The van der Waals surface area contributed by atoms with Crippen LogP contribution in [0.1, 0.15) is 80.0 Å². The Bertz CT molecular complexity index is 1150. The number of carboxylic acids is 1. The molecule has 5 nitrogen and oxygen atoms in total. The molecule has 0 amide bonds. The number of carbonyl (C=O) groups is 2. The number of carboxylic acid groups (broad SMARTS) is 1. The summed E-state index contributed by atoms with van der Waals surface area (Å²) in [6.07, 6.45) is 6.74. The van der Waals surface area contributed by atoms with Gasteiger partial charge in [-0.1, -0.05) is 89.3 Å². The number of ether oxygens (including phenoxy) is 2. The average molecular weight is 503 g/mol. The molecule has 37 heavy (non-hydrogen) atoms. The Morgan fingerprint density at radius 2 is 1.43 bits per heavy atom. The lowest BCUT2D eigenvalue weighted by molar-refractivity contribution is 0.0447. The third kappa shape index (κ3) is 8.21. The molecule has 0 saturated heterocycles. The largest absolute Gasteiger partial charge is 0.494 e. The quantitative estimate of drug-likeness (QED) is 0.177. The van der Waals surface area contributed by atoms with Gasteiger partial charge in [-0.05, 0) is 64.9 Å². The molecule has 0 bridgehead atoms. The second kappa shape index (κ2) is 14.2. The Morgan fingerprint density at radius 1 is 0.811 bits per heavy atom. The highest BCUT2D eigenvalue weighted by Crippen LogP contribution is 2.31. The van der Waals surface area contributed by atoms with Gasteiger partial charge in [0.1, 0.15) is 5.75 Å². The Balaban J connectivity index is 1.70. The standard InChI is InChI=1S/C32H38O5/c1-4-6-7-8-9-20-36-28-18-19-29(31(33)34)30(21-28)26-14-10-24(11-15-26)25-12-16-27(17-13-25)32(35)37-22-23(3)5-2/h10-19,21,23H,4-9,20,22H2,1-3H3,(H,33,34). The van der Waals surface area contributed by atoms with Crippen LogP contribution in [0.3, 0.4) is 0 Å². The molecule has 0 aliphatic carbocycles. The van der Waals surface area contributed by atoms with Gasteiger partial charge in [0.05, 0.1) is 24.3 Å². The van der Waals surface area contributed by atoms with Gasteiger partial charge in [0, 0.05) is 0 Å². The van der Waals surface area contributed by atoms with Crippen LogP contribution in [-0.4, -0.2) is 30.3 Å². The van der Waals surface area contributed by atoms with Crippen LogP contribution >= 0.6 is 0 Å². The van der Waals surface area contributed by atoms with E-state index in [1.807, 2.05) is 42.5 Å². The first-order valence-electron chi connectivity index (χ1n) is 13.3. The van der Waals surface area contributed by atoms with Gasteiger partial charge in [0.25, 0.3) is 0 Å². The van der Waals surface area contributed by atoms with Gasteiger partial charge in [-0.3, -0.25) is 0 Å². The maximum Gasteiger partial charge on any atom is 0.338 e. The predicted octanol–water partition coefficient (Wildman–Crippen LogP) is 8.27. The summed E-state index contributed by atoms with van der Waals surface area (Å²) < 4.78 is 11.3. The van der Waals surface area contributed by atoms with E-state index in [0.717, 1.165) is 36.0 Å². The van der Waals surface area contributed by atoms with Crippen molar-refractivity contribution >= 4 is 11.9 Å². The molecule has 3 aromatic rings. The van der Waals surface area contributed by atoms with Gasteiger partial charge in [0.2, 0.25) is 0 Å². The van der Waals surface area contributed by atoms with Crippen LogP contribution < -0.4 is 4.74 Å². The van der Waals surface area contributed by atoms with Gasteiger partial charge >= 0.3 is 11.9 Å². The molecule has 0 spiro atoms. The molecule has 3 aromatic carbocycles. The molecule has 3 rings (SSSR count). The van der Waals surface area contributed by atoms with E-state index in [1.165, 1.54) is 19.3 Å². The van der Waals surface area contributed by atoms with E-state index in [2.05, 4.69) is 20.8 Å². The lowest BCUT2D eigenvalue weighted by Crippen LogP contribution is -2.11. The summed E-state index contributed by atoms with van der Waals surface area (Å²) in [7, 11) is 0. The molecule has 0 aliphatic rings. The van der Waals surface area contributed by atoms with Crippen molar-refractivity contribution in [3.8, 4) is 28.0 Å². The Labute approximate surface area is 220 Å². The minimum atomic E-state index is -0.971. The molecule has 0 saturated carbocycles. The monoisotopic (exact) mass is 502 g/mol. The molecular weight excluding hydrogens is 464 g/mol. The smallest absolute Gasteiger partial charge is 0.338 e. The fraction of sp³-hybridized carbons (Fsp3) is 0.375. The second-order valence-corrected chi connectivity index (χ2v) is 9.54. The fourth-order valence-electron chi connectivity index (χ4n) is 3.99. The van der Waals surface area contributed by atoms with Crippen molar-refractivity contribution < 1.29 is 24.2 Å². The van der Waals surface area contributed by atoms with Crippen molar-refractivity contribution in [2.24, 2.45) is 5.92 Å². The van der Waals surface area contributed by atoms with Gasteiger partial charge in [0.15, 0.2) is 0 Å². The summed E-state index contributed by atoms with van der Waals surface area (Å²) >= 11 is 0. The van der Waals surface area contributed by atoms with Gasteiger partial charge in [-0.2, -0.15) is 0 Å². The second-order valence-electron chi connectivity index (χ2n) is 9.54. The number of unbranched alkanes of at least 4 members (excludes halogenated alkanes) is 4. The van der Waals surface area contributed by atoms with Crippen molar-refractivity contribution in [2.45, 2.75) is 59.3 Å². The van der Waals surface area contributed by atoms with Crippen LogP contribution in [0.25, 0.3) is 22.3 Å². The molecule has 0 aliphatic heterocycles. The van der Waals surface area contributed by atoms with Crippen molar-refractivity contribution in [1.82, 2.24) is 0 Å². The molecule has 1 unspecified atom stereocenters. The van der Waals surface area contributed by atoms with Crippen molar-refractivity contribution in [1.29, 1.82) is 0 Å². The normalized spacial score (nSPS) is 11.6. The number of hydrogen-bond donors (Lipinski definition) is 1. The SMILES string of the molecule is CCCCCCCOc1ccc(C(=O)O)c(-c2ccc(-c3ccc(C(=O)OCC(C)CC)cc3)cc2)c1. The Kier molecular flexibility index (Phi) is 10.8. The van der Waals surface area contributed by atoms with Crippen LogP contribution in [0, 0.1) is 5.92 Å². The topological polar surface area (TPSA) is 72.8 Å². The lowest BCUT2D eigenvalue weighted by Gasteiger charge is -2.12. The highest BCUT2D eigenvalue weighted by atomic mass is 16.5.